The lowest BCUT2D eigenvalue weighted by molar-refractivity contribution is -0.131. The molecule has 3 amide bonds. The molecule has 3 aromatic rings. The number of piperidine rings is 1. The Hall–Kier alpha value is -4.86. The fraction of sp³-hybridized carbons (Fsp3) is 0.303. The zero-order valence-corrected chi connectivity index (χ0v) is 23.9. The summed E-state index contributed by atoms with van der Waals surface area (Å²) < 4.78 is 32.0. The molecule has 5 rings (SSSR count). The number of carbonyl (C=O) groups is 3. The summed E-state index contributed by atoms with van der Waals surface area (Å²) in [7, 11) is 1.51. The second-order valence-electron chi connectivity index (χ2n) is 10.5. The Morgan fingerprint density at radius 2 is 1.86 bits per heavy atom. The molecule has 0 radical (unpaired) electrons. The molecule has 0 unspecified atom stereocenters. The second-order valence-corrected chi connectivity index (χ2v) is 10.5. The number of rotatable bonds is 3. The molecule has 9 nitrogen and oxygen atoms in total. The molecule has 2 heterocycles. The number of benzene rings is 3. The van der Waals surface area contributed by atoms with E-state index in [9.17, 15) is 18.8 Å². The highest BCUT2D eigenvalue weighted by molar-refractivity contribution is 5.92. The predicted octanol–water partition coefficient (Wildman–Crippen LogP) is 3.65. The van der Waals surface area contributed by atoms with Gasteiger partial charge >= 0.3 is 0 Å². The Morgan fingerprint density at radius 1 is 1.02 bits per heavy atom. The third kappa shape index (κ3) is 8.12. The molecule has 1 saturated heterocycles. The zero-order valence-electron chi connectivity index (χ0n) is 23.9. The van der Waals surface area contributed by atoms with Gasteiger partial charge < -0.3 is 29.7 Å². The van der Waals surface area contributed by atoms with Crippen molar-refractivity contribution in [2.24, 2.45) is 0 Å². The number of hydrogen-bond acceptors (Lipinski definition) is 6. The maximum atomic E-state index is 14.5. The smallest absolute Gasteiger partial charge is 0.258 e. The molecule has 3 aromatic carbocycles. The van der Waals surface area contributed by atoms with Crippen LogP contribution in [0.3, 0.4) is 0 Å². The van der Waals surface area contributed by atoms with E-state index in [1.54, 1.807) is 29.2 Å². The zero-order chi connectivity index (χ0) is 30.2. The predicted molar refractivity (Wildman–Crippen MR) is 158 cm³/mol. The van der Waals surface area contributed by atoms with Crippen molar-refractivity contribution < 1.29 is 33.0 Å². The third-order valence-corrected chi connectivity index (χ3v) is 7.36. The minimum Gasteiger partial charge on any atom is -0.493 e. The van der Waals surface area contributed by atoms with E-state index in [-0.39, 0.29) is 43.7 Å². The Labute approximate surface area is 249 Å². The SMILES string of the molecule is COc1ccc2cc1OCC(=O)N[C@@H]1CN(C(=O)C=Cc3ccccc3)CC[C@H]1Oc1cc(F)cc(c1)CNC(=O)CC2. The number of methoxy groups -OCH3 is 1. The van der Waals surface area contributed by atoms with Gasteiger partial charge in [-0.15, -0.1) is 0 Å². The van der Waals surface area contributed by atoms with Crippen LogP contribution in [0.5, 0.6) is 17.2 Å². The summed E-state index contributed by atoms with van der Waals surface area (Å²) in [5.41, 5.74) is 2.27. The fourth-order valence-corrected chi connectivity index (χ4v) is 5.14. The molecular formula is C33H34FN3O6. The first-order chi connectivity index (χ1) is 20.9. The van der Waals surface area contributed by atoms with Gasteiger partial charge in [0.1, 0.15) is 17.7 Å². The number of nitrogens with one attached hydrogen (secondary N) is 2. The maximum Gasteiger partial charge on any atom is 0.258 e. The lowest BCUT2D eigenvalue weighted by Crippen LogP contribution is -2.58. The average molecular weight is 588 g/mol. The summed E-state index contributed by atoms with van der Waals surface area (Å²) in [4.78, 5) is 40.4. The number of likely N-dealkylation sites (tertiary alicyclic amines) is 1. The summed E-state index contributed by atoms with van der Waals surface area (Å²) in [6, 6.07) is 18.5. The Morgan fingerprint density at radius 3 is 2.67 bits per heavy atom. The van der Waals surface area contributed by atoms with Crippen LogP contribution >= 0.6 is 0 Å². The van der Waals surface area contributed by atoms with Crippen LogP contribution in [0, 0.1) is 5.82 Å². The van der Waals surface area contributed by atoms with Crippen molar-refractivity contribution >= 4 is 23.8 Å². The molecule has 10 heteroatoms. The third-order valence-electron chi connectivity index (χ3n) is 7.36. The van der Waals surface area contributed by atoms with Gasteiger partial charge in [-0.05, 0) is 53.5 Å². The van der Waals surface area contributed by atoms with Crippen molar-refractivity contribution in [3.05, 3.63) is 95.3 Å². The van der Waals surface area contributed by atoms with E-state index in [2.05, 4.69) is 10.6 Å². The molecule has 1 fully saturated rings. The van der Waals surface area contributed by atoms with Gasteiger partial charge in [-0.3, -0.25) is 14.4 Å². The molecule has 0 saturated carbocycles. The summed E-state index contributed by atoms with van der Waals surface area (Å²) in [5, 5.41) is 5.79. The summed E-state index contributed by atoms with van der Waals surface area (Å²) in [6.45, 7) is 0.388. The highest BCUT2D eigenvalue weighted by Gasteiger charge is 2.34. The Kier molecular flexibility index (Phi) is 9.56. The van der Waals surface area contributed by atoms with Gasteiger partial charge in [-0.25, -0.2) is 4.39 Å². The Balaban J connectivity index is 1.38. The van der Waals surface area contributed by atoms with Gasteiger partial charge in [-0.2, -0.15) is 0 Å². The van der Waals surface area contributed by atoms with E-state index in [1.807, 2.05) is 36.4 Å². The van der Waals surface area contributed by atoms with E-state index in [4.69, 9.17) is 14.2 Å². The second kappa shape index (κ2) is 13.9. The van der Waals surface area contributed by atoms with Crippen molar-refractivity contribution in [2.45, 2.75) is 38.0 Å². The molecule has 2 aliphatic heterocycles. The molecule has 224 valence electrons. The number of hydrogen-bond donors (Lipinski definition) is 2. The summed E-state index contributed by atoms with van der Waals surface area (Å²) in [6.07, 6.45) is 3.75. The van der Waals surface area contributed by atoms with Crippen LogP contribution < -0.4 is 24.8 Å². The van der Waals surface area contributed by atoms with Gasteiger partial charge in [0.05, 0.1) is 13.2 Å². The highest BCUT2D eigenvalue weighted by atomic mass is 19.1. The minimum atomic E-state index is -0.600. The van der Waals surface area contributed by atoms with E-state index < -0.39 is 23.9 Å². The van der Waals surface area contributed by atoms with Gasteiger partial charge in [0.2, 0.25) is 11.8 Å². The first-order valence-electron chi connectivity index (χ1n) is 14.2. The van der Waals surface area contributed by atoms with E-state index in [1.165, 1.54) is 25.3 Å². The quantitative estimate of drug-likeness (QED) is 0.454. The molecule has 4 bridgehead atoms. The van der Waals surface area contributed by atoms with E-state index in [0.717, 1.165) is 11.1 Å². The van der Waals surface area contributed by atoms with Crippen molar-refractivity contribution in [3.8, 4) is 17.2 Å². The molecular weight excluding hydrogens is 553 g/mol. The van der Waals surface area contributed by atoms with Gasteiger partial charge in [0, 0.05) is 44.6 Å². The fourth-order valence-electron chi connectivity index (χ4n) is 5.14. The van der Waals surface area contributed by atoms with Crippen LogP contribution in [-0.4, -0.2) is 61.6 Å². The van der Waals surface area contributed by atoms with E-state index in [0.29, 0.717) is 36.4 Å². The lowest BCUT2D eigenvalue weighted by Gasteiger charge is -2.38. The van der Waals surface area contributed by atoms with Crippen LogP contribution in [0.15, 0.2) is 72.8 Å². The molecule has 43 heavy (non-hydrogen) atoms. The highest BCUT2D eigenvalue weighted by Crippen LogP contribution is 2.29. The number of carbonyl (C=O) groups excluding carboxylic acids is 3. The maximum absolute atomic E-state index is 14.5. The standard InChI is InChI=1S/C33H34FN3O6/c1-41-29-10-7-23-8-11-31(38)35-19-24-15-25(34)18-26(16-24)43-28-13-14-37(33(40)12-9-22-5-3-2-4-6-22)20-27(28)36-32(39)21-42-30(29)17-23/h2-7,9-10,12,15-18,27-28H,8,11,13-14,19-21H2,1H3,(H,35,38)(H,36,39)/t27-,28-/m1/s1. The number of ether oxygens (including phenoxy) is 3. The van der Waals surface area contributed by atoms with Crippen LogP contribution in [-0.2, 0) is 27.3 Å². The lowest BCUT2D eigenvalue weighted by atomic mass is 10.0. The topological polar surface area (TPSA) is 106 Å². The monoisotopic (exact) mass is 587 g/mol. The van der Waals surface area contributed by atoms with Crippen molar-refractivity contribution in [2.75, 3.05) is 26.8 Å². The normalized spacial score (nSPS) is 19.5. The molecule has 2 N–H and O–H groups in total. The number of fused-ring (bicyclic) bond motifs is 5. The molecule has 0 aliphatic carbocycles. The molecule has 2 aliphatic rings. The molecule has 0 aromatic heterocycles. The van der Waals surface area contributed by atoms with Crippen LogP contribution in [0.4, 0.5) is 4.39 Å². The first-order valence-corrected chi connectivity index (χ1v) is 14.2. The molecule has 0 spiro atoms. The summed E-state index contributed by atoms with van der Waals surface area (Å²) in [5.74, 6) is -0.204. The minimum absolute atomic E-state index is 0.130. The first kappa shape index (κ1) is 29.6. The largest absolute Gasteiger partial charge is 0.493 e. The van der Waals surface area contributed by atoms with Crippen LogP contribution in [0.2, 0.25) is 0 Å². The number of amides is 3. The van der Waals surface area contributed by atoms with Crippen molar-refractivity contribution in [1.82, 2.24) is 15.5 Å². The number of aryl methyl sites for hydroxylation is 1. The van der Waals surface area contributed by atoms with Crippen LogP contribution in [0.1, 0.15) is 29.5 Å². The van der Waals surface area contributed by atoms with Crippen molar-refractivity contribution in [3.63, 3.8) is 0 Å². The van der Waals surface area contributed by atoms with E-state index >= 15 is 0 Å². The average Bonchev–Trinajstić information content (AvgIpc) is 3.01. The number of nitrogens with zero attached hydrogens (tertiary/aromatic N) is 1. The summed E-state index contributed by atoms with van der Waals surface area (Å²) >= 11 is 0. The van der Waals surface area contributed by atoms with Crippen molar-refractivity contribution in [1.29, 1.82) is 0 Å². The van der Waals surface area contributed by atoms with Gasteiger partial charge in [0.25, 0.3) is 5.91 Å². The van der Waals surface area contributed by atoms with Crippen LogP contribution in [0.25, 0.3) is 6.08 Å². The van der Waals surface area contributed by atoms with Gasteiger partial charge in [-0.1, -0.05) is 36.4 Å². The van der Waals surface area contributed by atoms with Gasteiger partial charge in [0.15, 0.2) is 18.1 Å². The number of halogens is 1. The molecule has 2 atom stereocenters. The Bertz CT molecular complexity index is 1500.